The highest BCUT2D eigenvalue weighted by Crippen LogP contribution is 2.37. The van der Waals surface area contributed by atoms with E-state index in [0.717, 1.165) is 11.1 Å². The van der Waals surface area contributed by atoms with Crippen molar-refractivity contribution in [1.82, 2.24) is 10.3 Å². The smallest absolute Gasteiger partial charge is 0.227 e. The van der Waals surface area contributed by atoms with Crippen molar-refractivity contribution in [1.29, 1.82) is 5.26 Å². The molecule has 6 nitrogen and oxygen atoms in total. The molecule has 1 unspecified atom stereocenters. The van der Waals surface area contributed by atoms with Gasteiger partial charge in [0.15, 0.2) is 10.3 Å². The van der Waals surface area contributed by atoms with E-state index in [-0.39, 0.29) is 55.6 Å². The largest absolute Gasteiger partial charge is 0.508 e. The molecular formula is C25H31Cl3N4O2. The second-order valence-corrected chi connectivity index (χ2v) is 11.5. The zero-order chi connectivity index (χ0) is 25.8. The van der Waals surface area contributed by atoms with Gasteiger partial charge in [-0.1, -0.05) is 88.5 Å². The fourth-order valence-corrected chi connectivity index (χ4v) is 4.26. The van der Waals surface area contributed by atoms with Crippen LogP contribution in [0.25, 0.3) is 0 Å². The molecule has 0 bridgehead atoms. The summed E-state index contributed by atoms with van der Waals surface area (Å²) in [5, 5.41) is 25.7. The van der Waals surface area contributed by atoms with Crippen LogP contribution in [0.15, 0.2) is 18.2 Å². The lowest BCUT2D eigenvalue weighted by Crippen LogP contribution is -2.35. The van der Waals surface area contributed by atoms with Gasteiger partial charge in [0.1, 0.15) is 17.4 Å². The third-order valence-corrected chi connectivity index (χ3v) is 6.27. The molecule has 0 saturated heterocycles. The Kier molecular flexibility index (Phi) is 9.10. The number of aromatic hydroxyl groups is 1. The number of anilines is 1. The minimum absolute atomic E-state index is 0.0207. The van der Waals surface area contributed by atoms with E-state index >= 15 is 0 Å². The van der Waals surface area contributed by atoms with E-state index in [1.807, 2.05) is 32.9 Å². The van der Waals surface area contributed by atoms with Gasteiger partial charge in [-0.25, -0.2) is 4.98 Å². The third kappa shape index (κ3) is 7.15. The van der Waals surface area contributed by atoms with Crippen molar-refractivity contribution in [3.8, 4) is 11.8 Å². The Morgan fingerprint density at radius 1 is 1.12 bits per heavy atom. The van der Waals surface area contributed by atoms with Gasteiger partial charge in [0.05, 0.1) is 16.6 Å². The molecule has 1 amide bonds. The van der Waals surface area contributed by atoms with Crippen LogP contribution in [0.2, 0.25) is 15.3 Å². The van der Waals surface area contributed by atoms with E-state index in [9.17, 15) is 15.2 Å². The first-order chi connectivity index (χ1) is 15.7. The first-order valence-electron chi connectivity index (χ1n) is 10.9. The lowest BCUT2D eigenvalue weighted by molar-refractivity contribution is -0.123. The minimum atomic E-state index is -0.397. The van der Waals surface area contributed by atoms with Gasteiger partial charge in [0.2, 0.25) is 5.91 Å². The molecule has 2 aromatic rings. The van der Waals surface area contributed by atoms with E-state index in [1.165, 1.54) is 0 Å². The van der Waals surface area contributed by atoms with Crippen LogP contribution in [0, 0.1) is 16.7 Å². The van der Waals surface area contributed by atoms with Gasteiger partial charge >= 0.3 is 0 Å². The number of halogens is 3. The maximum Gasteiger partial charge on any atom is 0.227 e. The van der Waals surface area contributed by atoms with Crippen LogP contribution in [0.4, 0.5) is 5.69 Å². The van der Waals surface area contributed by atoms with Crippen molar-refractivity contribution in [2.75, 3.05) is 18.4 Å². The molecule has 2 rings (SSSR count). The number of hydrogen-bond acceptors (Lipinski definition) is 5. The van der Waals surface area contributed by atoms with Crippen molar-refractivity contribution in [2.24, 2.45) is 5.41 Å². The number of benzene rings is 1. The Balaban J connectivity index is 2.18. The summed E-state index contributed by atoms with van der Waals surface area (Å²) in [5.41, 5.74) is 1.66. The summed E-state index contributed by atoms with van der Waals surface area (Å²) in [4.78, 5) is 17.2. The summed E-state index contributed by atoms with van der Waals surface area (Å²) >= 11 is 18.1. The van der Waals surface area contributed by atoms with E-state index in [2.05, 4.69) is 36.4 Å². The number of nitriles is 1. The molecule has 0 fully saturated rings. The molecule has 1 atom stereocenters. The molecule has 3 N–H and O–H groups in total. The Morgan fingerprint density at radius 3 is 2.32 bits per heavy atom. The number of phenolic OH excluding ortho intramolecular Hbond substituents is 1. The molecule has 1 aromatic carbocycles. The molecule has 0 spiro atoms. The third-order valence-electron chi connectivity index (χ3n) is 5.26. The van der Waals surface area contributed by atoms with Crippen LogP contribution >= 0.6 is 34.8 Å². The molecule has 0 aliphatic rings. The summed E-state index contributed by atoms with van der Waals surface area (Å²) in [6.45, 7) is 12.9. The van der Waals surface area contributed by atoms with Gasteiger partial charge < -0.3 is 15.7 Å². The van der Waals surface area contributed by atoms with Gasteiger partial charge in [-0.15, -0.1) is 0 Å². The fourth-order valence-electron chi connectivity index (χ4n) is 3.62. The normalized spacial score (nSPS) is 12.7. The molecule has 0 aliphatic carbocycles. The number of rotatable bonds is 7. The van der Waals surface area contributed by atoms with Crippen LogP contribution in [-0.2, 0) is 10.2 Å². The number of amides is 1. The predicted octanol–water partition coefficient (Wildman–Crippen LogP) is 6.66. The van der Waals surface area contributed by atoms with Crippen LogP contribution in [0.1, 0.15) is 70.6 Å². The minimum Gasteiger partial charge on any atom is -0.508 e. The molecule has 0 aliphatic heterocycles. The quantitative estimate of drug-likeness (QED) is 0.277. The van der Waals surface area contributed by atoms with E-state index in [1.54, 1.807) is 12.1 Å². The fraction of sp³-hybridized carbons (Fsp3) is 0.480. The van der Waals surface area contributed by atoms with E-state index in [4.69, 9.17) is 34.8 Å². The predicted molar refractivity (Wildman–Crippen MR) is 139 cm³/mol. The van der Waals surface area contributed by atoms with Crippen LogP contribution in [-0.4, -0.2) is 29.1 Å². The summed E-state index contributed by atoms with van der Waals surface area (Å²) in [5.74, 6) is -0.302. The molecule has 9 heteroatoms. The van der Waals surface area contributed by atoms with Gasteiger partial charge in [-0.3, -0.25) is 4.79 Å². The van der Waals surface area contributed by atoms with Gasteiger partial charge in [-0.2, -0.15) is 5.26 Å². The zero-order valence-electron chi connectivity index (χ0n) is 20.3. The Morgan fingerprint density at radius 2 is 1.76 bits per heavy atom. The molecule has 0 radical (unpaired) electrons. The lowest BCUT2D eigenvalue weighted by atomic mass is 9.78. The average molecular weight is 526 g/mol. The topological polar surface area (TPSA) is 98.0 Å². The number of aromatic nitrogens is 1. The molecule has 1 aromatic heterocycles. The Hall–Kier alpha value is -2.20. The number of pyridine rings is 1. The monoisotopic (exact) mass is 524 g/mol. The number of carbonyl (C=O) groups excluding carboxylic acids is 1. The first-order valence-corrected chi connectivity index (χ1v) is 12.1. The standard InChI is InChI=1S/C25H31Cl3N4O2/c1-24(2,3)12-15(14-7-8-18(33)17(11-14)25(4,5)6)23(34)31-10-9-30-20-16(13-29)19(26)21(27)32-22(20)28/h7-8,11,15,30,33H,9-10,12H2,1-6H3,(H,31,34). The van der Waals surface area contributed by atoms with Crippen LogP contribution < -0.4 is 10.6 Å². The summed E-state index contributed by atoms with van der Waals surface area (Å²) in [6, 6.07) is 7.35. The van der Waals surface area contributed by atoms with E-state index < -0.39 is 5.92 Å². The lowest BCUT2D eigenvalue weighted by Gasteiger charge is -2.28. The Labute approximate surface area is 216 Å². The number of nitrogens with one attached hydrogen (secondary N) is 2. The van der Waals surface area contributed by atoms with Crippen molar-refractivity contribution in [2.45, 2.75) is 59.3 Å². The van der Waals surface area contributed by atoms with Crippen molar-refractivity contribution in [3.05, 3.63) is 50.2 Å². The number of carbonyl (C=O) groups is 1. The first kappa shape index (κ1) is 28.0. The maximum atomic E-state index is 13.2. The van der Waals surface area contributed by atoms with Gasteiger partial charge in [0, 0.05) is 13.1 Å². The second kappa shape index (κ2) is 11.0. The Bertz CT molecular complexity index is 1100. The highest BCUT2D eigenvalue weighted by molar-refractivity contribution is 6.43. The molecule has 1 heterocycles. The highest BCUT2D eigenvalue weighted by Gasteiger charge is 2.28. The van der Waals surface area contributed by atoms with Crippen LogP contribution in [0.5, 0.6) is 5.75 Å². The summed E-state index contributed by atoms with van der Waals surface area (Å²) in [7, 11) is 0. The zero-order valence-corrected chi connectivity index (χ0v) is 22.6. The van der Waals surface area contributed by atoms with E-state index in [0.29, 0.717) is 13.0 Å². The molecular weight excluding hydrogens is 495 g/mol. The molecule has 0 saturated carbocycles. The number of hydrogen-bond donors (Lipinski definition) is 3. The SMILES string of the molecule is CC(C)(C)CC(C(=O)NCCNc1c(Cl)nc(Cl)c(Cl)c1C#N)c1ccc(O)c(C(C)(C)C)c1. The summed E-state index contributed by atoms with van der Waals surface area (Å²) in [6.07, 6.45) is 0.627. The second-order valence-electron chi connectivity index (χ2n) is 10.4. The highest BCUT2D eigenvalue weighted by atomic mass is 35.5. The maximum absolute atomic E-state index is 13.2. The molecule has 184 valence electrons. The van der Waals surface area contributed by atoms with Crippen molar-refractivity contribution < 1.29 is 9.90 Å². The van der Waals surface area contributed by atoms with Crippen LogP contribution in [0.3, 0.4) is 0 Å². The van der Waals surface area contributed by atoms with Gasteiger partial charge in [-0.05, 0) is 34.4 Å². The summed E-state index contributed by atoms with van der Waals surface area (Å²) < 4.78 is 0. The van der Waals surface area contributed by atoms with Gasteiger partial charge in [0.25, 0.3) is 0 Å². The average Bonchev–Trinajstić information content (AvgIpc) is 2.71. The number of phenols is 1. The number of nitrogens with zero attached hydrogens (tertiary/aromatic N) is 2. The van der Waals surface area contributed by atoms with Crippen molar-refractivity contribution >= 4 is 46.4 Å². The van der Waals surface area contributed by atoms with Crippen molar-refractivity contribution in [3.63, 3.8) is 0 Å². The molecule has 34 heavy (non-hydrogen) atoms.